The number of nitrogens with zero attached hydrogens (tertiary/aromatic N) is 2. The van der Waals surface area contributed by atoms with E-state index in [-0.39, 0.29) is 36.2 Å². The summed E-state index contributed by atoms with van der Waals surface area (Å²) >= 11 is 3.24. The molecular formula is C12H14BrN3O5S. The average Bonchev–Trinajstić information content (AvgIpc) is 2.66. The zero-order valence-corrected chi connectivity index (χ0v) is 14.1. The third kappa shape index (κ3) is 3.62. The molecule has 1 fully saturated rings. The molecule has 1 saturated heterocycles. The molecule has 0 saturated carbocycles. The van der Waals surface area contributed by atoms with Crippen LogP contribution in [0, 0.1) is 23.0 Å². The van der Waals surface area contributed by atoms with Crippen molar-refractivity contribution in [2.24, 2.45) is 11.1 Å². The molecule has 1 atom stereocenters. The van der Waals surface area contributed by atoms with Gasteiger partial charge in [-0.15, -0.1) is 0 Å². The number of rotatable bonds is 4. The molecule has 0 radical (unpaired) electrons. The number of carbonyl (C=O) groups is 1. The summed E-state index contributed by atoms with van der Waals surface area (Å²) in [6.45, 7) is 1.87. The van der Waals surface area contributed by atoms with E-state index >= 15 is 0 Å². The summed E-state index contributed by atoms with van der Waals surface area (Å²) in [4.78, 5) is 23.9. The number of hydrogen-bond acceptors (Lipinski definition) is 5. The number of non-ortho nitro benzene ring substituents is 1. The van der Waals surface area contributed by atoms with E-state index in [1.54, 1.807) is 6.92 Å². The number of nitro benzene ring substituents is 1. The zero-order chi connectivity index (χ0) is 16.7. The molecule has 1 heterocycles. The van der Waals surface area contributed by atoms with Crippen molar-refractivity contribution in [2.75, 3.05) is 17.2 Å². The van der Waals surface area contributed by atoms with Crippen molar-refractivity contribution in [2.45, 2.75) is 13.3 Å². The highest BCUT2D eigenvalue weighted by atomic mass is 79.9. The van der Waals surface area contributed by atoms with Crippen LogP contribution in [0.4, 0.5) is 11.4 Å². The number of benzene rings is 1. The monoisotopic (exact) mass is 391 g/mol. The van der Waals surface area contributed by atoms with Crippen LogP contribution in [0.15, 0.2) is 16.6 Å². The van der Waals surface area contributed by atoms with Gasteiger partial charge in [0, 0.05) is 35.5 Å². The van der Waals surface area contributed by atoms with E-state index in [4.69, 9.17) is 5.14 Å². The van der Waals surface area contributed by atoms with Gasteiger partial charge in [0.25, 0.3) is 5.69 Å². The first-order valence-corrected chi connectivity index (χ1v) is 8.84. The van der Waals surface area contributed by atoms with Crippen LogP contribution in [0.5, 0.6) is 0 Å². The van der Waals surface area contributed by atoms with E-state index in [0.29, 0.717) is 15.7 Å². The third-order valence-corrected chi connectivity index (χ3v) is 4.93. The number of primary sulfonamides is 1. The molecule has 120 valence electrons. The summed E-state index contributed by atoms with van der Waals surface area (Å²) in [5, 5.41) is 15.9. The van der Waals surface area contributed by atoms with Gasteiger partial charge in [-0.2, -0.15) is 0 Å². The maximum absolute atomic E-state index is 12.1. The maximum atomic E-state index is 12.1. The molecule has 1 aromatic carbocycles. The summed E-state index contributed by atoms with van der Waals surface area (Å²) in [5.74, 6) is -0.880. The van der Waals surface area contributed by atoms with Gasteiger partial charge in [-0.25, -0.2) is 13.6 Å². The second kappa shape index (κ2) is 5.94. The first-order chi connectivity index (χ1) is 10.1. The lowest BCUT2D eigenvalue weighted by Crippen LogP contribution is -2.28. The fourth-order valence-corrected chi connectivity index (χ4v) is 4.25. The molecular weight excluding hydrogens is 378 g/mol. The number of anilines is 1. The van der Waals surface area contributed by atoms with Crippen molar-refractivity contribution < 1.29 is 18.1 Å². The van der Waals surface area contributed by atoms with Crippen LogP contribution in [0.3, 0.4) is 0 Å². The maximum Gasteiger partial charge on any atom is 0.270 e. The minimum absolute atomic E-state index is 0.0825. The van der Waals surface area contributed by atoms with Gasteiger partial charge < -0.3 is 4.90 Å². The SMILES string of the molecule is Cc1cc([N+](=O)[O-])cc(Br)c1N1CC(CS(N)(=O)=O)CC1=O. The van der Waals surface area contributed by atoms with Crippen LogP contribution in [0.2, 0.25) is 0 Å². The number of nitrogens with two attached hydrogens (primary N) is 1. The van der Waals surface area contributed by atoms with Crippen LogP contribution >= 0.6 is 15.9 Å². The highest BCUT2D eigenvalue weighted by molar-refractivity contribution is 9.10. The molecule has 0 aromatic heterocycles. The molecule has 8 nitrogen and oxygen atoms in total. The fourth-order valence-electron chi connectivity index (χ4n) is 2.60. The Hall–Kier alpha value is -1.52. The van der Waals surface area contributed by atoms with Crippen LogP contribution in [0.25, 0.3) is 0 Å². The second-order valence-corrected chi connectivity index (χ2v) is 7.77. The Morgan fingerprint density at radius 1 is 1.50 bits per heavy atom. The van der Waals surface area contributed by atoms with Gasteiger partial charge in [-0.1, -0.05) is 0 Å². The molecule has 1 aliphatic rings. The van der Waals surface area contributed by atoms with Crippen molar-refractivity contribution in [1.29, 1.82) is 0 Å². The largest absolute Gasteiger partial charge is 0.311 e. The molecule has 22 heavy (non-hydrogen) atoms. The molecule has 1 unspecified atom stereocenters. The number of hydrogen-bond donors (Lipinski definition) is 1. The van der Waals surface area contributed by atoms with E-state index in [1.807, 2.05) is 0 Å². The molecule has 0 bridgehead atoms. The number of aryl methyl sites for hydroxylation is 1. The normalized spacial score (nSPS) is 18.8. The second-order valence-electron chi connectivity index (χ2n) is 5.25. The summed E-state index contributed by atoms with van der Waals surface area (Å²) in [6, 6.07) is 2.70. The van der Waals surface area contributed by atoms with E-state index < -0.39 is 14.9 Å². The Labute approximate surface area is 135 Å². The first kappa shape index (κ1) is 16.8. The lowest BCUT2D eigenvalue weighted by atomic mass is 10.1. The van der Waals surface area contributed by atoms with E-state index in [2.05, 4.69) is 15.9 Å². The number of carbonyl (C=O) groups excluding carboxylic acids is 1. The lowest BCUT2D eigenvalue weighted by molar-refractivity contribution is -0.385. The van der Waals surface area contributed by atoms with Crippen LogP contribution in [-0.4, -0.2) is 31.5 Å². The number of halogens is 1. The van der Waals surface area contributed by atoms with Crippen LogP contribution in [0.1, 0.15) is 12.0 Å². The van der Waals surface area contributed by atoms with Gasteiger partial charge in [0.15, 0.2) is 0 Å². The quantitative estimate of drug-likeness (QED) is 0.611. The Morgan fingerprint density at radius 2 is 2.14 bits per heavy atom. The summed E-state index contributed by atoms with van der Waals surface area (Å²) < 4.78 is 22.7. The average molecular weight is 392 g/mol. The summed E-state index contributed by atoms with van der Waals surface area (Å²) in [6.07, 6.45) is 0.0826. The molecule has 0 spiro atoms. The van der Waals surface area contributed by atoms with Crippen molar-refractivity contribution in [3.8, 4) is 0 Å². The van der Waals surface area contributed by atoms with Gasteiger partial charge in [-0.3, -0.25) is 14.9 Å². The predicted octanol–water partition coefficient (Wildman–Crippen LogP) is 1.31. The highest BCUT2D eigenvalue weighted by Gasteiger charge is 2.34. The van der Waals surface area contributed by atoms with E-state index in [9.17, 15) is 23.3 Å². The van der Waals surface area contributed by atoms with Gasteiger partial charge in [0.2, 0.25) is 15.9 Å². The first-order valence-electron chi connectivity index (χ1n) is 6.34. The minimum Gasteiger partial charge on any atom is -0.311 e. The van der Waals surface area contributed by atoms with Gasteiger partial charge in [0.1, 0.15) is 0 Å². The van der Waals surface area contributed by atoms with Crippen molar-refractivity contribution in [1.82, 2.24) is 0 Å². The Bertz CT molecular complexity index is 726. The lowest BCUT2D eigenvalue weighted by Gasteiger charge is -2.20. The zero-order valence-electron chi connectivity index (χ0n) is 11.7. The van der Waals surface area contributed by atoms with Crippen molar-refractivity contribution in [3.63, 3.8) is 0 Å². The highest BCUT2D eigenvalue weighted by Crippen LogP contribution is 2.37. The van der Waals surface area contributed by atoms with Gasteiger partial charge in [-0.05, 0) is 28.4 Å². The summed E-state index contributed by atoms with van der Waals surface area (Å²) in [7, 11) is -3.65. The topological polar surface area (TPSA) is 124 Å². The van der Waals surface area contributed by atoms with Crippen LogP contribution in [-0.2, 0) is 14.8 Å². The smallest absolute Gasteiger partial charge is 0.270 e. The number of amides is 1. The van der Waals surface area contributed by atoms with E-state index in [1.165, 1.54) is 17.0 Å². The molecule has 2 rings (SSSR count). The Morgan fingerprint density at radius 3 is 2.64 bits per heavy atom. The molecule has 10 heteroatoms. The molecule has 1 amide bonds. The molecule has 1 aromatic rings. The molecule has 1 aliphatic heterocycles. The van der Waals surface area contributed by atoms with Crippen molar-refractivity contribution >= 4 is 43.2 Å². The molecule has 2 N–H and O–H groups in total. The fraction of sp³-hybridized carbons (Fsp3) is 0.417. The molecule has 0 aliphatic carbocycles. The summed E-state index contributed by atoms with van der Waals surface area (Å²) in [5.41, 5.74) is 0.999. The van der Waals surface area contributed by atoms with Gasteiger partial charge in [0.05, 0.1) is 16.4 Å². The van der Waals surface area contributed by atoms with Gasteiger partial charge >= 0.3 is 0 Å². The minimum atomic E-state index is -3.65. The standard InChI is InChI=1S/C12H14BrN3O5S/c1-7-2-9(16(18)19)4-10(13)12(7)15-5-8(3-11(15)17)6-22(14,20)21/h2,4,8H,3,5-6H2,1H3,(H2,14,20,21). The van der Waals surface area contributed by atoms with Crippen molar-refractivity contribution in [3.05, 3.63) is 32.3 Å². The number of sulfonamides is 1. The predicted molar refractivity (Wildman–Crippen MR) is 84.0 cm³/mol. The number of nitro groups is 1. The van der Waals surface area contributed by atoms with Crippen LogP contribution < -0.4 is 10.0 Å². The third-order valence-electron chi connectivity index (χ3n) is 3.39. The van der Waals surface area contributed by atoms with E-state index in [0.717, 1.165) is 0 Å². The Kier molecular flexibility index (Phi) is 4.54. The Balaban J connectivity index is 2.33.